The summed E-state index contributed by atoms with van der Waals surface area (Å²) in [7, 11) is 0. The van der Waals surface area contributed by atoms with Crippen molar-refractivity contribution in [1.82, 2.24) is 0 Å². The minimum absolute atomic E-state index is 0. The molecule has 0 aliphatic rings. The molecule has 0 aliphatic carbocycles. The quantitative estimate of drug-likeness (QED) is 0.719. The molecule has 0 bridgehead atoms. The van der Waals surface area contributed by atoms with Crippen LogP contribution in [0.1, 0.15) is 19.4 Å². The van der Waals surface area contributed by atoms with E-state index in [2.05, 4.69) is 44.7 Å². The Kier molecular flexibility index (Phi) is 6.36. The van der Waals surface area contributed by atoms with Gasteiger partial charge in [0.05, 0.1) is 0 Å². The van der Waals surface area contributed by atoms with Gasteiger partial charge < -0.3 is 0 Å². The van der Waals surface area contributed by atoms with E-state index < -0.39 is 0 Å². The Hall–Kier alpha value is -0.0661. The van der Waals surface area contributed by atoms with Crippen LogP contribution in [0.4, 0.5) is 0 Å². The van der Waals surface area contributed by atoms with Crippen LogP contribution in [0.25, 0.3) is 0 Å². The first-order chi connectivity index (χ1) is 5.70. The van der Waals surface area contributed by atoms with Crippen molar-refractivity contribution in [2.24, 2.45) is 0 Å². The first-order valence-electron chi connectivity index (χ1n) is 4.22. The van der Waals surface area contributed by atoms with E-state index in [0.29, 0.717) is 0 Å². The molecule has 1 aromatic carbocycles. The number of hydrogen-bond donors (Lipinski definition) is 0. The zero-order valence-corrected chi connectivity index (χ0v) is 11.2. The van der Waals surface area contributed by atoms with Crippen LogP contribution in [-0.4, -0.2) is 0 Å². The molecule has 1 aromatic rings. The van der Waals surface area contributed by atoms with Crippen LogP contribution in [0.3, 0.4) is 0 Å². The minimum atomic E-state index is 0. The molecule has 0 N–H and O–H groups in total. The maximum atomic E-state index is 4.01. The molecule has 0 saturated heterocycles. The molecule has 0 unspecified atom stereocenters. The summed E-state index contributed by atoms with van der Waals surface area (Å²) in [5.41, 5.74) is 2.56. The second-order valence-corrected chi connectivity index (χ2v) is 3.27. The maximum absolute atomic E-state index is 4.01. The second kappa shape index (κ2) is 6.40. The first-order valence-corrected chi connectivity index (χ1v) is 4.22. The molecule has 1 rings (SSSR count). The molecule has 0 atom stereocenters. The van der Waals surface area contributed by atoms with Crippen molar-refractivity contribution in [2.75, 3.05) is 0 Å². The predicted molar refractivity (Wildman–Crippen MR) is 53.9 cm³/mol. The molecule has 0 radical (unpaired) electrons. The van der Waals surface area contributed by atoms with E-state index in [0.717, 1.165) is 6.42 Å². The normalized spacial score (nSPS) is 8.77. The molecular formula is C12H15Y+2. The number of benzene rings is 1. The summed E-state index contributed by atoms with van der Waals surface area (Å²) in [4.78, 5) is 0. The molecule has 0 heterocycles. The Bertz CT molecular complexity index is 249. The fourth-order valence-corrected chi connectivity index (χ4v) is 1.02. The van der Waals surface area contributed by atoms with Gasteiger partial charge in [0.2, 0.25) is 0 Å². The summed E-state index contributed by atoms with van der Waals surface area (Å²) >= 11 is 0. The van der Waals surface area contributed by atoms with Gasteiger partial charge in [0.25, 0.3) is 0 Å². The van der Waals surface area contributed by atoms with Crippen LogP contribution in [0.5, 0.6) is 0 Å². The average Bonchev–Trinajstić information content (AvgIpc) is 2.06. The van der Waals surface area contributed by atoms with Gasteiger partial charge in [0.15, 0.2) is 0 Å². The zero-order chi connectivity index (χ0) is 8.97. The largest absolute Gasteiger partial charge is 3.00 e. The van der Waals surface area contributed by atoms with E-state index in [9.17, 15) is 0 Å². The monoisotopic (exact) mass is 248 g/mol. The summed E-state index contributed by atoms with van der Waals surface area (Å²) in [5.74, 6) is 1.32. The smallest absolute Gasteiger partial charge is 0.241 e. The van der Waals surface area contributed by atoms with Crippen LogP contribution >= 0.6 is 0 Å². The molecule has 0 aromatic heterocycles. The summed E-state index contributed by atoms with van der Waals surface area (Å²) < 4.78 is 0. The van der Waals surface area contributed by atoms with E-state index in [1.54, 1.807) is 0 Å². The van der Waals surface area contributed by atoms with Crippen LogP contribution < -0.4 is 0 Å². The van der Waals surface area contributed by atoms with Gasteiger partial charge in [-0.05, 0) is 12.0 Å². The molecule has 64 valence electrons. The SMILES string of the molecule is C=C(Cc1ccccc1)[C-](C)C.[Y+3]. The Labute approximate surface area is 106 Å². The number of rotatable bonds is 3. The summed E-state index contributed by atoms with van der Waals surface area (Å²) in [6.45, 7) is 8.22. The van der Waals surface area contributed by atoms with Crippen molar-refractivity contribution in [1.29, 1.82) is 0 Å². The minimum Gasteiger partial charge on any atom is -0.241 e. The van der Waals surface area contributed by atoms with E-state index >= 15 is 0 Å². The summed E-state index contributed by atoms with van der Waals surface area (Å²) in [5, 5.41) is 0. The molecule has 0 nitrogen and oxygen atoms in total. The van der Waals surface area contributed by atoms with Crippen molar-refractivity contribution in [3.8, 4) is 0 Å². The van der Waals surface area contributed by atoms with Gasteiger partial charge in [-0.25, -0.2) is 18.1 Å². The molecule has 0 amide bonds. The molecule has 1 heteroatoms. The fraction of sp³-hybridized carbons (Fsp3) is 0.250. The fourth-order valence-electron chi connectivity index (χ4n) is 1.02. The molecular weight excluding hydrogens is 233 g/mol. The van der Waals surface area contributed by atoms with Crippen LogP contribution in [0.2, 0.25) is 0 Å². The predicted octanol–water partition coefficient (Wildman–Crippen LogP) is 3.40. The van der Waals surface area contributed by atoms with Crippen molar-refractivity contribution in [3.63, 3.8) is 0 Å². The van der Waals surface area contributed by atoms with E-state index in [1.165, 1.54) is 17.1 Å². The van der Waals surface area contributed by atoms with Gasteiger partial charge in [-0.3, -0.25) is 0 Å². The standard InChI is InChI=1S/C12H15.Y/c1-10(2)11(3)9-12-7-5-4-6-8-12;/h4-8H,3,9H2,1-2H3;/q-1;+3. The Morgan fingerprint density at radius 3 is 2.23 bits per heavy atom. The molecule has 0 spiro atoms. The molecule has 0 saturated carbocycles. The van der Waals surface area contributed by atoms with Gasteiger partial charge in [-0.2, -0.15) is 0 Å². The molecule has 0 aliphatic heterocycles. The number of hydrogen-bond acceptors (Lipinski definition) is 0. The van der Waals surface area contributed by atoms with E-state index in [1.807, 2.05) is 6.07 Å². The van der Waals surface area contributed by atoms with E-state index in [4.69, 9.17) is 0 Å². The maximum Gasteiger partial charge on any atom is 3.00 e. The average molecular weight is 248 g/mol. The Balaban J connectivity index is 0.00000144. The van der Waals surface area contributed by atoms with E-state index in [-0.39, 0.29) is 32.7 Å². The van der Waals surface area contributed by atoms with Gasteiger partial charge in [-0.15, -0.1) is 13.8 Å². The summed E-state index contributed by atoms with van der Waals surface area (Å²) in [6, 6.07) is 10.4. The van der Waals surface area contributed by atoms with Gasteiger partial charge >= 0.3 is 32.7 Å². The Morgan fingerprint density at radius 1 is 1.23 bits per heavy atom. The van der Waals surface area contributed by atoms with Crippen LogP contribution in [-0.2, 0) is 39.1 Å². The van der Waals surface area contributed by atoms with Crippen LogP contribution in [0, 0.1) is 5.92 Å². The topological polar surface area (TPSA) is 0 Å². The van der Waals surface area contributed by atoms with Gasteiger partial charge in [-0.1, -0.05) is 30.3 Å². The van der Waals surface area contributed by atoms with Gasteiger partial charge in [0.1, 0.15) is 0 Å². The number of allylic oxidation sites excluding steroid dienone is 1. The van der Waals surface area contributed by atoms with Crippen molar-refractivity contribution in [3.05, 3.63) is 54.0 Å². The second-order valence-electron chi connectivity index (χ2n) is 3.27. The third kappa shape index (κ3) is 4.64. The first kappa shape index (κ1) is 12.9. The zero-order valence-electron chi connectivity index (χ0n) is 8.38. The van der Waals surface area contributed by atoms with Crippen molar-refractivity contribution < 1.29 is 32.7 Å². The molecule has 0 fully saturated rings. The third-order valence-electron chi connectivity index (χ3n) is 1.97. The third-order valence-corrected chi connectivity index (χ3v) is 1.97. The van der Waals surface area contributed by atoms with Crippen molar-refractivity contribution in [2.45, 2.75) is 20.3 Å². The molecule has 13 heavy (non-hydrogen) atoms. The van der Waals surface area contributed by atoms with Gasteiger partial charge in [0, 0.05) is 0 Å². The summed E-state index contributed by atoms with van der Waals surface area (Å²) in [6.07, 6.45) is 0.975. The van der Waals surface area contributed by atoms with Crippen molar-refractivity contribution >= 4 is 0 Å². The van der Waals surface area contributed by atoms with Crippen LogP contribution in [0.15, 0.2) is 42.5 Å². The Morgan fingerprint density at radius 2 is 1.77 bits per heavy atom.